The molecule has 8 nitrogen and oxygen atoms in total. The van der Waals surface area contributed by atoms with Crippen LogP contribution in [0.4, 0.5) is 5.69 Å². The number of nitrogens with zero attached hydrogens (tertiary/aromatic N) is 4. The van der Waals surface area contributed by atoms with Crippen molar-refractivity contribution >= 4 is 17.5 Å². The quantitative estimate of drug-likeness (QED) is 0.745. The number of nitrogens with one attached hydrogen (secondary N) is 2. The van der Waals surface area contributed by atoms with E-state index in [1.165, 1.54) is 25.6 Å². The molecule has 0 saturated heterocycles. The Morgan fingerprint density at radius 3 is 2.16 bits per heavy atom. The maximum Gasteiger partial charge on any atom is 0.247 e. The highest BCUT2D eigenvalue weighted by Crippen LogP contribution is 2.60. The summed E-state index contributed by atoms with van der Waals surface area (Å²) in [7, 11) is 0. The summed E-state index contributed by atoms with van der Waals surface area (Å²) in [6, 6.07) is 6.74. The Balaban J connectivity index is 1.26. The van der Waals surface area contributed by atoms with E-state index in [-0.39, 0.29) is 23.1 Å². The van der Waals surface area contributed by atoms with E-state index in [9.17, 15) is 9.59 Å². The van der Waals surface area contributed by atoms with Crippen LogP contribution in [0.15, 0.2) is 30.6 Å². The highest BCUT2D eigenvalue weighted by Gasteiger charge is 2.55. The molecular weight excluding hydrogens is 392 g/mol. The van der Waals surface area contributed by atoms with E-state index in [4.69, 9.17) is 0 Å². The minimum Gasteiger partial charge on any atom is -0.344 e. The van der Waals surface area contributed by atoms with Crippen LogP contribution >= 0.6 is 0 Å². The van der Waals surface area contributed by atoms with Crippen LogP contribution in [-0.4, -0.2) is 38.1 Å². The number of rotatable bonds is 6. The third-order valence-electron chi connectivity index (χ3n) is 7.50. The van der Waals surface area contributed by atoms with Crippen LogP contribution in [0.25, 0.3) is 5.69 Å². The molecule has 1 heterocycles. The largest absolute Gasteiger partial charge is 0.344 e. The summed E-state index contributed by atoms with van der Waals surface area (Å²) in [5, 5.41) is 17.2. The van der Waals surface area contributed by atoms with Gasteiger partial charge in [-0.3, -0.25) is 9.59 Å². The smallest absolute Gasteiger partial charge is 0.247 e. The molecule has 4 saturated carbocycles. The Morgan fingerprint density at radius 2 is 1.65 bits per heavy atom. The maximum absolute atomic E-state index is 13.4. The molecule has 0 unspecified atom stereocenters. The van der Waals surface area contributed by atoms with Crippen molar-refractivity contribution in [3.8, 4) is 5.69 Å². The molecule has 4 aliphatic rings. The first kappa shape index (κ1) is 20.2. The minimum absolute atomic E-state index is 0.00152. The van der Waals surface area contributed by atoms with Gasteiger partial charge in [0, 0.05) is 11.1 Å². The van der Waals surface area contributed by atoms with Crippen LogP contribution in [0.5, 0.6) is 0 Å². The van der Waals surface area contributed by atoms with Gasteiger partial charge < -0.3 is 10.6 Å². The standard InChI is InChI=1S/C23H30N6O2/c1-14(2)20(21(30)25-18-3-5-19(6-4-18)29-13-24-27-28-29)26-22(31)23-10-15-7-16(11-23)9-17(8-15)12-23/h3-6,13-17,20H,7-12H2,1-2H3,(H,25,30)(H,26,31)/t15?,16?,17?,20-,23?/m1/s1. The van der Waals surface area contributed by atoms with Crippen molar-refractivity contribution in [2.24, 2.45) is 29.1 Å². The second kappa shape index (κ2) is 7.73. The molecule has 1 aromatic carbocycles. The second-order valence-electron chi connectivity index (χ2n) is 10.2. The molecule has 8 heteroatoms. The van der Waals surface area contributed by atoms with Crippen molar-refractivity contribution in [1.29, 1.82) is 0 Å². The first-order valence-corrected chi connectivity index (χ1v) is 11.4. The average molecular weight is 423 g/mol. The number of hydrogen-bond acceptors (Lipinski definition) is 5. The van der Waals surface area contributed by atoms with Crippen LogP contribution in [-0.2, 0) is 9.59 Å². The van der Waals surface area contributed by atoms with E-state index in [0.29, 0.717) is 23.4 Å². The molecular formula is C23H30N6O2. The fraction of sp³-hybridized carbons (Fsp3) is 0.609. The molecule has 6 rings (SSSR count). The summed E-state index contributed by atoms with van der Waals surface area (Å²) in [5.41, 5.74) is 1.23. The van der Waals surface area contributed by atoms with E-state index in [2.05, 4.69) is 26.2 Å². The molecule has 2 amide bonds. The van der Waals surface area contributed by atoms with Gasteiger partial charge in [0.05, 0.1) is 5.69 Å². The van der Waals surface area contributed by atoms with Gasteiger partial charge in [0.2, 0.25) is 11.8 Å². The highest BCUT2D eigenvalue weighted by atomic mass is 16.2. The molecule has 0 radical (unpaired) electrons. The zero-order chi connectivity index (χ0) is 21.6. The number of benzene rings is 1. The minimum atomic E-state index is -0.556. The van der Waals surface area contributed by atoms with E-state index in [1.807, 2.05) is 38.1 Å². The molecule has 1 aromatic heterocycles. The molecule has 4 bridgehead atoms. The van der Waals surface area contributed by atoms with Crippen molar-refractivity contribution in [3.05, 3.63) is 30.6 Å². The number of carbonyl (C=O) groups is 2. The zero-order valence-electron chi connectivity index (χ0n) is 18.1. The van der Waals surface area contributed by atoms with Crippen LogP contribution in [0, 0.1) is 29.1 Å². The molecule has 4 aliphatic carbocycles. The Bertz CT molecular complexity index is 918. The highest BCUT2D eigenvalue weighted by molar-refractivity contribution is 5.98. The van der Waals surface area contributed by atoms with E-state index >= 15 is 0 Å². The fourth-order valence-corrected chi connectivity index (χ4v) is 6.42. The van der Waals surface area contributed by atoms with Gasteiger partial charge in [0.1, 0.15) is 12.4 Å². The maximum atomic E-state index is 13.4. The Hall–Kier alpha value is -2.77. The molecule has 2 N–H and O–H groups in total. The molecule has 4 fully saturated rings. The normalized spacial score (nSPS) is 29.7. The van der Waals surface area contributed by atoms with Crippen LogP contribution < -0.4 is 10.6 Å². The number of anilines is 1. The van der Waals surface area contributed by atoms with Gasteiger partial charge in [0.25, 0.3) is 0 Å². The van der Waals surface area contributed by atoms with Crippen molar-refractivity contribution in [2.75, 3.05) is 5.32 Å². The summed E-state index contributed by atoms with van der Waals surface area (Å²) in [6.07, 6.45) is 8.38. The molecule has 2 aromatic rings. The van der Waals surface area contributed by atoms with E-state index in [0.717, 1.165) is 24.9 Å². The number of amides is 2. The monoisotopic (exact) mass is 422 g/mol. The number of tetrazole rings is 1. The number of carbonyl (C=O) groups excluding carboxylic acids is 2. The zero-order valence-corrected chi connectivity index (χ0v) is 18.1. The summed E-state index contributed by atoms with van der Waals surface area (Å²) in [4.78, 5) is 26.5. The summed E-state index contributed by atoms with van der Waals surface area (Å²) < 4.78 is 1.55. The molecule has 31 heavy (non-hydrogen) atoms. The van der Waals surface area contributed by atoms with Crippen molar-refractivity contribution < 1.29 is 9.59 Å². The lowest BCUT2D eigenvalue weighted by Crippen LogP contribution is -2.57. The average Bonchev–Trinajstić information content (AvgIpc) is 3.26. The summed E-state index contributed by atoms with van der Waals surface area (Å²) in [6.45, 7) is 3.95. The SMILES string of the molecule is CC(C)[C@@H](NC(=O)C12CC3CC(CC(C3)C1)C2)C(=O)Nc1ccc(-n2cnnn2)cc1. The van der Waals surface area contributed by atoms with Gasteiger partial charge in [-0.15, -0.1) is 5.10 Å². The van der Waals surface area contributed by atoms with Crippen molar-refractivity contribution in [2.45, 2.75) is 58.4 Å². The first-order chi connectivity index (χ1) is 14.9. The van der Waals surface area contributed by atoms with Gasteiger partial charge in [-0.05, 0) is 96.9 Å². The topological polar surface area (TPSA) is 102 Å². The lowest BCUT2D eigenvalue weighted by Gasteiger charge is -2.55. The summed E-state index contributed by atoms with van der Waals surface area (Å²) in [5.74, 6) is 2.00. The third-order valence-corrected chi connectivity index (χ3v) is 7.50. The Kier molecular flexibility index (Phi) is 5.02. The van der Waals surface area contributed by atoms with Gasteiger partial charge >= 0.3 is 0 Å². The lowest BCUT2D eigenvalue weighted by atomic mass is 9.49. The van der Waals surface area contributed by atoms with E-state index < -0.39 is 6.04 Å². The Labute approximate surface area is 182 Å². The predicted octanol–water partition coefficient (Wildman–Crippen LogP) is 2.96. The van der Waals surface area contributed by atoms with Crippen molar-refractivity contribution in [1.82, 2.24) is 25.5 Å². The van der Waals surface area contributed by atoms with Crippen molar-refractivity contribution in [3.63, 3.8) is 0 Å². The molecule has 0 spiro atoms. The van der Waals surface area contributed by atoms with Crippen LogP contribution in [0.2, 0.25) is 0 Å². The molecule has 164 valence electrons. The number of hydrogen-bond donors (Lipinski definition) is 2. The van der Waals surface area contributed by atoms with Crippen LogP contribution in [0.3, 0.4) is 0 Å². The van der Waals surface area contributed by atoms with Gasteiger partial charge in [0.15, 0.2) is 0 Å². The van der Waals surface area contributed by atoms with Gasteiger partial charge in [-0.2, -0.15) is 0 Å². The van der Waals surface area contributed by atoms with Gasteiger partial charge in [-0.25, -0.2) is 4.68 Å². The van der Waals surface area contributed by atoms with Gasteiger partial charge in [-0.1, -0.05) is 13.8 Å². The van der Waals surface area contributed by atoms with E-state index in [1.54, 1.807) is 4.68 Å². The fourth-order valence-electron chi connectivity index (χ4n) is 6.42. The first-order valence-electron chi connectivity index (χ1n) is 11.4. The number of aromatic nitrogens is 4. The second-order valence-corrected chi connectivity index (χ2v) is 10.2. The third kappa shape index (κ3) is 3.83. The Morgan fingerprint density at radius 1 is 1.03 bits per heavy atom. The molecule has 0 aliphatic heterocycles. The van der Waals surface area contributed by atoms with Crippen LogP contribution in [0.1, 0.15) is 52.4 Å². The predicted molar refractivity (Wildman–Crippen MR) is 115 cm³/mol. The lowest BCUT2D eigenvalue weighted by molar-refractivity contribution is -0.148. The summed E-state index contributed by atoms with van der Waals surface area (Å²) >= 11 is 0. The molecule has 1 atom stereocenters.